The maximum atomic E-state index is 13.6. The average Bonchev–Trinajstić information content (AvgIpc) is 2.57. The van der Waals surface area contributed by atoms with E-state index in [1.165, 1.54) is 6.07 Å². The van der Waals surface area contributed by atoms with E-state index in [-0.39, 0.29) is 18.4 Å². The molecule has 0 spiro atoms. The predicted octanol–water partition coefficient (Wildman–Crippen LogP) is 1.59. The SMILES string of the molecule is N#Cc1ccc(C[C@H](NC(=O)Cc2ccc(F)cc2F)C(N)=O)cc1. The fraction of sp³-hybridized carbons (Fsp3) is 0.167. The third kappa shape index (κ3) is 5.11. The van der Waals surface area contributed by atoms with Gasteiger partial charge in [-0.2, -0.15) is 5.26 Å². The van der Waals surface area contributed by atoms with Crippen molar-refractivity contribution in [2.45, 2.75) is 18.9 Å². The molecule has 0 fully saturated rings. The maximum Gasteiger partial charge on any atom is 0.240 e. The second kappa shape index (κ2) is 8.02. The lowest BCUT2D eigenvalue weighted by atomic mass is 10.0. The van der Waals surface area contributed by atoms with Gasteiger partial charge in [-0.05, 0) is 29.3 Å². The summed E-state index contributed by atoms with van der Waals surface area (Å²) in [5, 5.41) is 11.2. The Morgan fingerprint density at radius 1 is 1.16 bits per heavy atom. The van der Waals surface area contributed by atoms with Crippen LogP contribution in [0, 0.1) is 23.0 Å². The summed E-state index contributed by atoms with van der Waals surface area (Å²) in [5.74, 6) is -2.92. The molecule has 5 nitrogen and oxygen atoms in total. The highest BCUT2D eigenvalue weighted by atomic mass is 19.1. The lowest BCUT2D eigenvalue weighted by Crippen LogP contribution is -2.46. The van der Waals surface area contributed by atoms with Crippen LogP contribution in [0.25, 0.3) is 0 Å². The van der Waals surface area contributed by atoms with Crippen LogP contribution < -0.4 is 11.1 Å². The first-order chi connectivity index (χ1) is 11.9. The molecule has 0 aliphatic rings. The van der Waals surface area contributed by atoms with Crippen LogP contribution in [0.15, 0.2) is 42.5 Å². The van der Waals surface area contributed by atoms with Crippen LogP contribution >= 0.6 is 0 Å². The molecule has 2 amide bonds. The van der Waals surface area contributed by atoms with Crippen molar-refractivity contribution < 1.29 is 18.4 Å². The molecule has 0 unspecified atom stereocenters. The zero-order valence-electron chi connectivity index (χ0n) is 13.1. The summed E-state index contributed by atoms with van der Waals surface area (Å²) in [6.07, 6.45) is -0.206. The van der Waals surface area contributed by atoms with Crippen LogP contribution in [-0.2, 0) is 22.4 Å². The van der Waals surface area contributed by atoms with Crippen molar-refractivity contribution in [1.29, 1.82) is 5.26 Å². The van der Waals surface area contributed by atoms with E-state index in [1.807, 2.05) is 6.07 Å². The van der Waals surface area contributed by atoms with Crippen LogP contribution in [0.4, 0.5) is 8.78 Å². The summed E-state index contributed by atoms with van der Waals surface area (Å²) < 4.78 is 26.5. The summed E-state index contributed by atoms with van der Waals surface area (Å²) >= 11 is 0. The van der Waals surface area contributed by atoms with Gasteiger partial charge < -0.3 is 11.1 Å². The number of carbonyl (C=O) groups excluding carboxylic acids is 2. The van der Waals surface area contributed by atoms with Crippen molar-refractivity contribution in [1.82, 2.24) is 5.32 Å². The van der Waals surface area contributed by atoms with Gasteiger partial charge in [0.15, 0.2) is 0 Å². The fourth-order valence-electron chi connectivity index (χ4n) is 2.26. The Morgan fingerprint density at radius 2 is 1.84 bits per heavy atom. The van der Waals surface area contributed by atoms with E-state index < -0.39 is 29.5 Å². The minimum absolute atomic E-state index is 0.0143. The molecule has 0 aliphatic heterocycles. The molecular formula is C18H15F2N3O2. The Bertz CT molecular complexity index is 829. The molecule has 0 aliphatic carbocycles. The number of carbonyl (C=O) groups is 2. The minimum atomic E-state index is -0.982. The van der Waals surface area contributed by atoms with Crippen molar-refractivity contribution >= 4 is 11.8 Å². The topological polar surface area (TPSA) is 96.0 Å². The normalized spacial score (nSPS) is 11.4. The number of hydrogen-bond acceptors (Lipinski definition) is 3. The van der Waals surface area contributed by atoms with Gasteiger partial charge in [-0.15, -0.1) is 0 Å². The monoisotopic (exact) mass is 343 g/mol. The van der Waals surface area contributed by atoms with Gasteiger partial charge in [-0.25, -0.2) is 8.78 Å². The number of benzene rings is 2. The lowest BCUT2D eigenvalue weighted by molar-refractivity contribution is -0.127. The molecule has 0 aromatic heterocycles. The van der Waals surface area contributed by atoms with Gasteiger partial charge >= 0.3 is 0 Å². The van der Waals surface area contributed by atoms with Gasteiger partial charge in [0, 0.05) is 12.5 Å². The molecule has 0 heterocycles. The molecule has 0 saturated carbocycles. The standard InChI is InChI=1S/C18H15F2N3O2/c19-14-6-5-13(15(20)9-14)8-17(24)23-16(18(22)25)7-11-1-3-12(10-21)4-2-11/h1-6,9,16H,7-8H2,(H2,22,25)(H,23,24)/t16-/m0/s1. The molecule has 2 rings (SSSR count). The van der Waals surface area contributed by atoms with Gasteiger partial charge in [0.05, 0.1) is 18.1 Å². The molecule has 128 valence electrons. The summed E-state index contributed by atoms with van der Waals surface area (Å²) in [7, 11) is 0. The second-order valence-corrected chi connectivity index (χ2v) is 5.45. The molecule has 0 saturated heterocycles. The van der Waals surface area contributed by atoms with Crippen LogP contribution in [0.3, 0.4) is 0 Å². The van der Waals surface area contributed by atoms with Gasteiger partial charge in [-0.3, -0.25) is 9.59 Å². The van der Waals surface area contributed by atoms with E-state index in [0.717, 1.165) is 6.07 Å². The van der Waals surface area contributed by atoms with Gasteiger partial charge in [-0.1, -0.05) is 18.2 Å². The Kier molecular flexibility index (Phi) is 5.79. The van der Waals surface area contributed by atoms with Gasteiger partial charge in [0.25, 0.3) is 0 Å². The number of amides is 2. The Morgan fingerprint density at radius 3 is 2.40 bits per heavy atom. The van der Waals surface area contributed by atoms with Crippen molar-refractivity contribution in [3.63, 3.8) is 0 Å². The predicted molar refractivity (Wildman–Crippen MR) is 86.0 cm³/mol. The first-order valence-electron chi connectivity index (χ1n) is 7.40. The van der Waals surface area contributed by atoms with E-state index >= 15 is 0 Å². The van der Waals surface area contributed by atoms with Crippen molar-refractivity contribution in [3.05, 3.63) is 70.8 Å². The largest absolute Gasteiger partial charge is 0.368 e. The van der Waals surface area contributed by atoms with Crippen LogP contribution in [0.1, 0.15) is 16.7 Å². The number of rotatable bonds is 6. The highest BCUT2D eigenvalue weighted by Crippen LogP contribution is 2.11. The van der Waals surface area contributed by atoms with E-state index in [4.69, 9.17) is 11.0 Å². The molecule has 2 aromatic rings. The van der Waals surface area contributed by atoms with Crippen LogP contribution in [-0.4, -0.2) is 17.9 Å². The second-order valence-electron chi connectivity index (χ2n) is 5.45. The van der Waals surface area contributed by atoms with E-state index in [0.29, 0.717) is 17.2 Å². The lowest BCUT2D eigenvalue weighted by Gasteiger charge is -2.16. The van der Waals surface area contributed by atoms with Crippen molar-refractivity contribution in [2.24, 2.45) is 5.73 Å². The van der Waals surface area contributed by atoms with E-state index in [9.17, 15) is 18.4 Å². The van der Waals surface area contributed by atoms with Gasteiger partial charge in [0.1, 0.15) is 17.7 Å². The summed E-state index contributed by atoms with van der Waals surface area (Å²) in [4.78, 5) is 23.6. The first-order valence-corrected chi connectivity index (χ1v) is 7.40. The highest BCUT2D eigenvalue weighted by molar-refractivity contribution is 5.87. The summed E-state index contributed by atoms with van der Waals surface area (Å²) in [5.41, 5.74) is 6.49. The molecule has 0 bridgehead atoms. The van der Waals surface area contributed by atoms with Crippen molar-refractivity contribution in [3.8, 4) is 6.07 Å². The number of nitrogens with two attached hydrogens (primary N) is 1. The number of primary amides is 1. The third-order valence-corrected chi connectivity index (χ3v) is 3.57. The molecule has 0 radical (unpaired) electrons. The first kappa shape index (κ1) is 18.1. The molecule has 1 atom stereocenters. The summed E-state index contributed by atoms with van der Waals surface area (Å²) in [6.45, 7) is 0. The van der Waals surface area contributed by atoms with E-state index in [2.05, 4.69) is 5.32 Å². The number of nitrogens with one attached hydrogen (secondary N) is 1. The zero-order chi connectivity index (χ0) is 18.4. The van der Waals surface area contributed by atoms with E-state index in [1.54, 1.807) is 24.3 Å². The third-order valence-electron chi connectivity index (χ3n) is 3.57. The maximum absolute atomic E-state index is 13.6. The minimum Gasteiger partial charge on any atom is -0.368 e. The molecule has 25 heavy (non-hydrogen) atoms. The molecular weight excluding hydrogens is 328 g/mol. The molecule has 7 heteroatoms. The number of nitriles is 1. The number of hydrogen-bond donors (Lipinski definition) is 2. The Hall–Kier alpha value is -3.27. The molecule has 3 N–H and O–H groups in total. The number of nitrogens with zero attached hydrogens (tertiary/aromatic N) is 1. The van der Waals surface area contributed by atoms with Crippen molar-refractivity contribution in [2.75, 3.05) is 0 Å². The summed E-state index contributed by atoms with van der Waals surface area (Å²) in [6, 6.07) is 10.4. The quantitative estimate of drug-likeness (QED) is 0.834. The Balaban J connectivity index is 2.03. The molecule has 2 aromatic carbocycles. The fourth-order valence-corrected chi connectivity index (χ4v) is 2.26. The smallest absolute Gasteiger partial charge is 0.240 e. The van der Waals surface area contributed by atoms with Gasteiger partial charge in [0.2, 0.25) is 11.8 Å². The van der Waals surface area contributed by atoms with Crippen LogP contribution in [0.5, 0.6) is 0 Å². The van der Waals surface area contributed by atoms with Crippen LogP contribution in [0.2, 0.25) is 0 Å². The highest BCUT2D eigenvalue weighted by Gasteiger charge is 2.19. The average molecular weight is 343 g/mol. The Labute approximate surface area is 143 Å². The zero-order valence-corrected chi connectivity index (χ0v) is 13.1. The number of halogens is 2.